The van der Waals surface area contributed by atoms with Gasteiger partial charge in [0.15, 0.2) is 16.8 Å². The van der Waals surface area contributed by atoms with Crippen LogP contribution in [-0.4, -0.2) is 31.3 Å². The molecular weight excluding hydrogens is 355 g/mol. The van der Waals surface area contributed by atoms with Crippen LogP contribution in [0.5, 0.6) is 5.75 Å². The highest BCUT2D eigenvalue weighted by atomic mass is 32.2. The lowest BCUT2D eigenvalue weighted by molar-refractivity contribution is 0.101. The van der Waals surface area contributed by atoms with Crippen LogP contribution in [0.25, 0.3) is 0 Å². The summed E-state index contributed by atoms with van der Waals surface area (Å²) in [6.45, 7) is 4.41. The highest BCUT2D eigenvalue weighted by molar-refractivity contribution is 7.99. The van der Waals surface area contributed by atoms with E-state index in [2.05, 4.69) is 21.8 Å². The van der Waals surface area contributed by atoms with E-state index in [0.717, 1.165) is 0 Å². The van der Waals surface area contributed by atoms with E-state index in [9.17, 15) is 9.18 Å². The summed E-state index contributed by atoms with van der Waals surface area (Å²) < 4.78 is 20.4. The first kappa shape index (κ1) is 17.9. The van der Waals surface area contributed by atoms with Gasteiger partial charge in [-0.25, -0.2) is 4.39 Å². The SMILES string of the molecule is C=CCn1c(COc2ccc(F)cc2)nnc1SCC(=O)c1ccc[nH]1. The van der Waals surface area contributed by atoms with E-state index in [1.807, 2.05) is 4.57 Å². The van der Waals surface area contributed by atoms with Gasteiger partial charge in [-0.3, -0.25) is 9.36 Å². The van der Waals surface area contributed by atoms with Crippen LogP contribution in [0.3, 0.4) is 0 Å². The summed E-state index contributed by atoms with van der Waals surface area (Å²) in [5.74, 6) is 1.05. The number of nitrogens with one attached hydrogen (secondary N) is 1. The van der Waals surface area contributed by atoms with Gasteiger partial charge in [0.2, 0.25) is 0 Å². The largest absolute Gasteiger partial charge is 0.486 e. The number of ketones is 1. The highest BCUT2D eigenvalue weighted by Gasteiger charge is 2.15. The molecule has 2 heterocycles. The number of benzene rings is 1. The van der Waals surface area contributed by atoms with Crippen LogP contribution in [0.2, 0.25) is 0 Å². The molecule has 0 unspecified atom stereocenters. The van der Waals surface area contributed by atoms with Crippen LogP contribution in [0.1, 0.15) is 16.3 Å². The molecule has 1 aromatic carbocycles. The molecule has 3 aromatic rings. The quantitative estimate of drug-likeness (QED) is 0.354. The minimum absolute atomic E-state index is 0.0164. The summed E-state index contributed by atoms with van der Waals surface area (Å²) >= 11 is 1.30. The monoisotopic (exact) mass is 372 g/mol. The standard InChI is InChI=1S/C18H17FN4O2S/c1-2-10-23-17(11-25-14-7-5-13(19)6-8-14)21-22-18(23)26-12-16(24)15-4-3-9-20-15/h2-9,20H,1,10-12H2. The van der Waals surface area contributed by atoms with Crippen molar-refractivity contribution in [3.05, 3.63) is 72.6 Å². The van der Waals surface area contributed by atoms with Crippen LogP contribution in [-0.2, 0) is 13.2 Å². The number of aromatic amines is 1. The molecule has 0 radical (unpaired) electrons. The maximum Gasteiger partial charge on any atom is 0.192 e. The van der Waals surface area contributed by atoms with Crippen molar-refractivity contribution in [2.45, 2.75) is 18.3 Å². The van der Waals surface area contributed by atoms with E-state index in [-0.39, 0.29) is 24.0 Å². The predicted octanol–water partition coefficient (Wildman–Crippen LogP) is 3.49. The fourth-order valence-electron chi connectivity index (χ4n) is 2.24. The molecule has 26 heavy (non-hydrogen) atoms. The summed E-state index contributed by atoms with van der Waals surface area (Å²) in [5, 5.41) is 8.89. The summed E-state index contributed by atoms with van der Waals surface area (Å²) in [7, 11) is 0. The number of carbonyl (C=O) groups excluding carboxylic acids is 1. The zero-order chi connectivity index (χ0) is 18.4. The Balaban J connectivity index is 1.66. The number of ether oxygens (including phenoxy) is 1. The number of aromatic nitrogens is 4. The molecule has 0 aliphatic carbocycles. The van der Waals surface area contributed by atoms with Crippen molar-refractivity contribution in [1.82, 2.24) is 19.7 Å². The van der Waals surface area contributed by atoms with Crippen LogP contribution in [0.4, 0.5) is 4.39 Å². The van der Waals surface area contributed by atoms with Gasteiger partial charge in [-0.1, -0.05) is 17.8 Å². The van der Waals surface area contributed by atoms with E-state index < -0.39 is 0 Å². The number of halogens is 1. The number of hydrogen-bond acceptors (Lipinski definition) is 5. The minimum Gasteiger partial charge on any atom is -0.486 e. The number of allylic oxidation sites excluding steroid dienone is 1. The number of rotatable bonds is 9. The van der Waals surface area contributed by atoms with Gasteiger partial charge in [0.05, 0.1) is 11.4 Å². The molecule has 1 N–H and O–H groups in total. The third-order valence-corrected chi connectivity index (χ3v) is 4.48. The molecule has 134 valence electrons. The van der Waals surface area contributed by atoms with Gasteiger partial charge < -0.3 is 9.72 Å². The van der Waals surface area contributed by atoms with Gasteiger partial charge in [-0.15, -0.1) is 16.8 Å². The third-order valence-electron chi connectivity index (χ3n) is 3.52. The molecule has 6 nitrogen and oxygen atoms in total. The van der Waals surface area contributed by atoms with Crippen LogP contribution >= 0.6 is 11.8 Å². The first-order chi connectivity index (χ1) is 12.7. The Hall–Kier alpha value is -2.87. The van der Waals surface area contributed by atoms with Crippen LogP contribution in [0.15, 0.2) is 60.4 Å². The molecular formula is C18H17FN4O2S. The van der Waals surface area contributed by atoms with E-state index in [1.54, 1.807) is 36.5 Å². The Labute approximate surface area is 154 Å². The predicted molar refractivity (Wildman–Crippen MR) is 96.8 cm³/mol. The number of hydrogen-bond donors (Lipinski definition) is 1. The molecule has 0 atom stereocenters. The Morgan fingerprint density at radius 1 is 1.31 bits per heavy atom. The van der Waals surface area contributed by atoms with Crippen molar-refractivity contribution < 1.29 is 13.9 Å². The maximum atomic E-state index is 12.9. The molecule has 0 spiro atoms. The lowest BCUT2D eigenvalue weighted by Gasteiger charge is -2.09. The molecule has 0 amide bonds. The fraction of sp³-hybridized carbons (Fsp3) is 0.167. The topological polar surface area (TPSA) is 72.8 Å². The average molecular weight is 372 g/mol. The number of nitrogens with zero attached hydrogens (tertiary/aromatic N) is 3. The van der Waals surface area contributed by atoms with Gasteiger partial charge in [0.25, 0.3) is 0 Å². The van der Waals surface area contributed by atoms with E-state index in [1.165, 1.54) is 23.9 Å². The van der Waals surface area contributed by atoms with E-state index in [0.29, 0.717) is 29.0 Å². The van der Waals surface area contributed by atoms with Crippen molar-refractivity contribution in [2.24, 2.45) is 0 Å². The van der Waals surface area contributed by atoms with E-state index >= 15 is 0 Å². The minimum atomic E-state index is -0.322. The van der Waals surface area contributed by atoms with Gasteiger partial charge in [0, 0.05) is 12.7 Å². The summed E-state index contributed by atoms with van der Waals surface area (Å²) in [6, 6.07) is 9.28. The Kier molecular flexibility index (Phi) is 5.85. The number of thioether (sulfide) groups is 1. The lowest BCUT2D eigenvalue weighted by atomic mass is 10.3. The molecule has 0 fully saturated rings. The molecule has 0 saturated heterocycles. The van der Waals surface area contributed by atoms with E-state index in [4.69, 9.17) is 4.74 Å². The Morgan fingerprint density at radius 3 is 2.81 bits per heavy atom. The van der Waals surface area contributed by atoms with Crippen LogP contribution < -0.4 is 4.74 Å². The second-order valence-corrected chi connectivity index (χ2v) is 6.28. The number of carbonyl (C=O) groups is 1. The smallest absolute Gasteiger partial charge is 0.192 e. The van der Waals surface area contributed by atoms with Crippen molar-refractivity contribution in [3.63, 3.8) is 0 Å². The Morgan fingerprint density at radius 2 is 2.12 bits per heavy atom. The van der Waals surface area contributed by atoms with Gasteiger partial charge >= 0.3 is 0 Å². The fourth-order valence-corrected chi connectivity index (χ4v) is 3.09. The normalized spacial score (nSPS) is 10.7. The van der Waals surface area contributed by atoms with Crippen molar-refractivity contribution in [3.8, 4) is 5.75 Å². The molecule has 0 aliphatic heterocycles. The number of H-pyrrole nitrogens is 1. The molecule has 2 aromatic heterocycles. The maximum absolute atomic E-state index is 12.9. The first-order valence-corrected chi connectivity index (χ1v) is 8.86. The second-order valence-electron chi connectivity index (χ2n) is 5.34. The van der Waals surface area contributed by atoms with Crippen molar-refractivity contribution in [1.29, 1.82) is 0 Å². The number of Topliss-reactive ketones (excluding diaryl/α,β-unsaturated/α-hetero) is 1. The second kappa shape index (κ2) is 8.48. The van der Waals surface area contributed by atoms with Crippen molar-refractivity contribution >= 4 is 17.5 Å². The lowest BCUT2D eigenvalue weighted by Crippen LogP contribution is -2.09. The molecule has 0 bridgehead atoms. The zero-order valence-corrected chi connectivity index (χ0v) is 14.7. The third kappa shape index (κ3) is 4.40. The summed E-state index contributed by atoms with van der Waals surface area (Å²) in [6.07, 6.45) is 3.44. The van der Waals surface area contributed by atoms with Gasteiger partial charge in [-0.05, 0) is 36.4 Å². The zero-order valence-electron chi connectivity index (χ0n) is 13.9. The highest BCUT2D eigenvalue weighted by Crippen LogP contribution is 2.20. The van der Waals surface area contributed by atoms with Gasteiger partial charge in [0.1, 0.15) is 18.2 Å². The summed E-state index contributed by atoms with van der Waals surface area (Å²) in [5.41, 5.74) is 0.562. The summed E-state index contributed by atoms with van der Waals surface area (Å²) in [4.78, 5) is 15.0. The average Bonchev–Trinajstić information content (AvgIpc) is 3.30. The first-order valence-electron chi connectivity index (χ1n) is 7.88. The molecule has 0 saturated carbocycles. The molecule has 3 rings (SSSR count). The van der Waals surface area contributed by atoms with Gasteiger partial charge in [-0.2, -0.15) is 0 Å². The van der Waals surface area contributed by atoms with Crippen molar-refractivity contribution in [2.75, 3.05) is 5.75 Å². The molecule has 8 heteroatoms. The Bertz CT molecular complexity index is 875. The van der Waals surface area contributed by atoms with Crippen LogP contribution in [0, 0.1) is 5.82 Å². The molecule has 0 aliphatic rings.